The van der Waals surface area contributed by atoms with Crippen molar-refractivity contribution in [2.75, 3.05) is 32.6 Å². The molecular weight excluding hydrogens is 336 g/mol. The standard InChI is InChI=1S/C18H24N4O4/c1-13-8-16(21-26-13)20-18(24)11-22(2)10-17(23)19-9-14-6-4-5-7-15(14)12-25-3/h4-8H,9-12H2,1-3H3,(H,19,23)(H,20,21,24). The molecule has 26 heavy (non-hydrogen) atoms. The van der Waals surface area contributed by atoms with Gasteiger partial charge < -0.3 is 19.9 Å². The average molecular weight is 360 g/mol. The lowest BCUT2D eigenvalue weighted by Gasteiger charge is -2.16. The van der Waals surface area contributed by atoms with Gasteiger partial charge in [-0.2, -0.15) is 0 Å². The van der Waals surface area contributed by atoms with Crippen LogP contribution in [0.3, 0.4) is 0 Å². The van der Waals surface area contributed by atoms with Crippen LogP contribution in [-0.4, -0.2) is 49.1 Å². The second kappa shape index (κ2) is 9.69. The fraction of sp³-hybridized carbons (Fsp3) is 0.389. The van der Waals surface area contributed by atoms with Crippen LogP contribution in [0.4, 0.5) is 5.82 Å². The molecule has 2 aromatic rings. The van der Waals surface area contributed by atoms with Gasteiger partial charge in [0.1, 0.15) is 5.76 Å². The van der Waals surface area contributed by atoms with Gasteiger partial charge in [0.15, 0.2) is 5.82 Å². The number of aryl methyl sites for hydroxylation is 1. The molecule has 2 amide bonds. The molecule has 140 valence electrons. The zero-order valence-electron chi connectivity index (χ0n) is 15.2. The number of carbonyl (C=O) groups is 2. The van der Waals surface area contributed by atoms with Crippen LogP contribution >= 0.6 is 0 Å². The van der Waals surface area contributed by atoms with Gasteiger partial charge in [0, 0.05) is 19.7 Å². The van der Waals surface area contributed by atoms with Crippen molar-refractivity contribution in [2.24, 2.45) is 0 Å². The van der Waals surface area contributed by atoms with Crippen molar-refractivity contribution in [2.45, 2.75) is 20.1 Å². The number of likely N-dealkylation sites (N-methyl/N-ethyl adjacent to an activating group) is 1. The van der Waals surface area contributed by atoms with E-state index in [2.05, 4.69) is 15.8 Å². The third kappa shape index (κ3) is 6.30. The van der Waals surface area contributed by atoms with Crippen LogP contribution in [0.2, 0.25) is 0 Å². The minimum Gasteiger partial charge on any atom is -0.380 e. The van der Waals surface area contributed by atoms with Crippen molar-refractivity contribution in [1.29, 1.82) is 0 Å². The summed E-state index contributed by atoms with van der Waals surface area (Å²) < 4.78 is 10.0. The van der Waals surface area contributed by atoms with Gasteiger partial charge in [-0.25, -0.2) is 0 Å². The summed E-state index contributed by atoms with van der Waals surface area (Å²) in [7, 11) is 3.34. The molecule has 0 spiro atoms. The van der Waals surface area contributed by atoms with Crippen LogP contribution in [0, 0.1) is 6.92 Å². The first-order valence-corrected chi connectivity index (χ1v) is 8.22. The molecule has 0 radical (unpaired) electrons. The topological polar surface area (TPSA) is 96.7 Å². The number of carbonyl (C=O) groups excluding carboxylic acids is 2. The van der Waals surface area contributed by atoms with Crippen molar-refractivity contribution >= 4 is 17.6 Å². The summed E-state index contributed by atoms with van der Waals surface area (Å²) >= 11 is 0. The first-order chi connectivity index (χ1) is 12.5. The van der Waals surface area contributed by atoms with Crippen molar-refractivity contribution in [3.05, 3.63) is 47.2 Å². The molecule has 1 aromatic carbocycles. The van der Waals surface area contributed by atoms with E-state index in [0.717, 1.165) is 11.1 Å². The van der Waals surface area contributed by atoms with Crippen LogP contribution in [-0.2, 0) is 27.5 Å². The van der Waals surface area contributed by atoms with Gasteiger partial charge in [-0.1, -0.05) is 29.4 Å². The fourth-order valence-electron chi connectivity index (χ4n) is 2.43. The molecule has 0 aliphatic carbocycles. The van der Waals surface area contributed by atoms with Crippen LogP contribution < -0.4 is 10.6 Å². The highest BCUT2D eigenvalue weighted by molar-refractivity contribution is 5.91. The Bertz CT molecular complexity index is 744. The Labute approximate surface area is 152 Å². The van der Waals surface area contributed by atoms with Crippen molar-refractivity contribution in [3.63, 3.8) is 0 Å². The number of amides is 2. The minimum absolute atomic E-state index is 0.0690. The Hall–Kier alpha value is -2.71. The van der Waals surface area contributed by atoms with Crippen LogP contribution in [0.25, 0.3) is 0 Å². The van der Waals surface area contributed by atoms with Gasteiger partial charge >= 0.3 is 0 Å². The Morgan fingerprint density at radius 3 is 2.54 bits per heavy atom. The van der Waals surface area contributed by atoms with Crippen molar-refractivity contribution in [1.82, 2.24) is 15.4 Å². The number of anilines is 1. The van der Waals surface area contributed by atoms with Gasteiger partial charge in [-0.05, 0) is 25.1 Å². The second-order valence-electron chi connectivity index (χ2n) is 6.02. The molecule has 0 saturated carbocycles. The summed E-state index contributed by atoms with van der Waals surface area (Å²) in [5.74, 6) is 0.547. The molecule has 0 atom stereocenters. The lowest BCUT2D eigenvalue weighted by molar-refractivity contribution is -0.123. The van der Waals surface area contributed by atoms with E-state index in [0.29, 0.717) is 24.7 Å². The highest BCUT2D eigenvalue weighted by Gasteiger charge is 2.12. The van der Waals surface area contributed by atoms with Crippen LogP contribution in [0.5, 0.6) is 0 Å². The highest BCUT2D eigenvalue weighted by atomic mass is 16.5. The predicted molar refractivity (Wildman–Crippen MR) is 96.4 cm³/mol. The van der Waals surface area contributed by atoms with Gasteiger partial charge in [0.05, 0.1) is 19.7 Å². The van der Waals surface area contributed by atoms with E-state index in [1.165, 1.54) is 0 Å². The summed E-state index contributed by atoms with van der Waals surface area (Å²) in [4.78, 5) is 25.6. The van der Waals surface area contributed by atoms with Gasteiger partial charge in [0.2, 0.25) is 11.8 Å². The van der Waals surface area contributed by atoms with E-state index in [9.17, 15) is 9.59 Å². The highest BCUT2D eigenvalue weighted by Crippen LogP contribution is 2.09. The Morgan fingerprint density at radius 2 is 1.88 bits per heavy atom. The summed E-state index contributed by atoms with van der Waals surface area (Å²) in [5, 5.41) is 9.17. The van der Waals surface area contributed by atoms with Crippen molar-refractivity contribution in [3.8, 4) is 0 Å². The molecule has 2 N–H and O–H groups in total. The Kier molecular flexibility index (Phi) is 7.31. The average Bonchev–Trinajstić information content (AvgIpc) is 2.98. The maximum absolute atomic E-state index is 12.1. The lowest BCUT2D eigenvalue weighted by atomic mass is 10.1. The molecule has 1 heterocycles. The number of methoxy groups -OCH3 is 1. The maximum atomic E-state index is 12.1. The van der Waals surface area contributed by atoms with Crippen LogP contribution in [0.15, 0.2) is 34.9 Å². The summed E-state index contributed by atoms with van der Waals surface area (Å²) in [6.45, 7) is 2.82. The number of nitrogens with zero attached hydrogens (tertiary/aromatic N) is 2. The number of hydrogen-bond donors (Lipinski definition) is 2. The number of hydrogen-bond acceptors (Lipinski definition) is 6. The van der Waals surface area contributed by atoms with E-state index < -0.39 is 0 Å². The molecule has 0 fully saturated rings. The smallest absolute Gasteiger partial charge is 0.239 e. The normalized spacial score (nSPS) is 10.8. The Morgan fingerprint density at radius 1 is 1.19 bits per heavy atom. The Balaban J connectivity index is 1.75. The molecular formula is C18H24N4O4. The van der Waals surface area contributed by atoms with Gasteiger partial charge in [-0.15, -0.1) is 0 Å². The minimum atomic E-state index is -0.265. The van der Waals surface area contributed by atoms with E-state index in [4.69, 9.17) is 9.26 Å². The lowest BCUT2D eigenvalue weighted by Crippen LogP contribution is -2.38. The quantitative estimate of drug-likeness (QED) is 0.700. The molecule has 1 aromatic heterocycles. The molecule has 0 aliphatic rings. The van der Waals surface area contributed by atoms with Gasteiger partial charge in [-0.3, -0.25) is 14.5 Å². The third-order valence-electron chi connectivity index (χ3n) is 3.62. The molecule has 0 saturated heterocycles. The van der Waals surface area contributed by atoms with Crippen molar-refractivity contribution < 1.29 is 18.8 Å². The number of ether oxygens (including phenoxy) is 1. The maximum Gasteiger partial charge on any atom is 0.239 e. The summed E-state index contributed by atoms with van der Waals surface area (Å²) in [5.41, 5.74) is 2.04. The number of aromatic nitrogens is 1. The third-order valence-corrected chi connectivity index (χ3v) is 3.62. The zero-order chi connectivity index (χ0) is 18.9. The largest absolute Gasteiger partial charge is 0.380 e. The monoisotopic (exact) mass is 360 g/mol. The fourth-order valence-corrected chi connectivity index (χ4v) is 2.43. The number of nitrogens with one attached hydrogen (secondary N) is 2. The molecule has 0 unspecified atom stereocenters. The molecule has 8 nitrogen and oxygen atoms in total. The van der Waals surface area contributed by atoms with E-state index in [-0.39, 0.29) is 24.9 Å². The van der Waals surface area contributed by atoms with Crippen LogP contribution in [0.1, 0.15) is 16.9 Å². The van der Waals surface area contributed by atoms with E-state index >= 15 is 0 Å². The number of benzene rings is 1. The predicted octanol–water partition coefficient (Wildman–Crippen LogP) is 1.32. The molecule has 2 rings (SSSR count). The molecule has 0 bridgehead atoms. The molecule has 0 aliphatic heterocycles. The first-order valence-electron chi connectivity index (χ1n) is 8.22. The van der Waals surface area contributed by atoms with E-state index in [1.807, 2.05) is 24.3 Å². The van der Waals surface area contributed by atoms with E-state index in [1.54, 1.807) is 32.0 Å². The first kappa shape index (κ1) is 19.6. The summed E-state index contributed by atoms with van der Waals surface area (Å²) in [6, 6.07) is 9.39. The summed E-state index contributed by atoms with van der Waals surface area (Å²) in [6.07, 6.45) is 0. The number of rotatable bonds is 9. The zero-order valence-corrected chi connectivity index (χ0v) is 15.2. The second-order valence-corrected chi connectivity index (χ2v) is 6.02. The SMILES string of the molecule is COCc1ccccc1CNC(=O)CN(C)CC(=O)Nc1cc(C)on1. The van der Waals surface area contributed by atoms with Gasteiger partial charge in [0.25, 0.3) is 0 Å². The molecule has 8 heteroatoms.